The Labute approximate surface area is 111 Å². The third-order valence-electron chi connectivity index (χ3n) is 4.57. The lowest BCUT2D eigenvalue weighted by atomic mass is 9.62. The first-order chi connectivity index (χ1) is 8.40. The fourth-order valence-corrected chi connectivity index (χ4v) is 3.40. The molecule has 0 spiro atoms. The molecule has 0 radical (unpaired) electrons. The van der Waals surface area contributed by atoms with Crippen LogP contribution >= 0.6 is 0 Å². The van der Waals surface area contributed by atoms with E-state index in [0.29, 0.717) is 11.7 Å². The Balaban J connectivity index is 2.20. The van der Waals surface area contributed by atoms with Crippen molar-refractivity contribution < 1.29 is 4.79 Å². The van der Waals surface area contributed by atoms with Crippen molar-refractivity contribution in [1.29, 1.82) is 0 Å². The van der Waals surface area contributed by atoms with E-state index in [2.05, 4.69) is 45.0 Å². The molecule has 98 valence electrons. The third-order valence-corrected chi connectivity index (χ3v) is 4.57. The number of carbonyl (C=O) groups excluding carboxylic acids is 1. The maximum Gasteiger partial charge on any atom is 0.132 e. The van der Waals surface area contributed by atoms with Crippen molar-refractivity contribution in [3.63, 3.8) is 0 Å². The highest BCUT2D eigenvalue weighted by molar-refractivity contribution is 5.78. The van der Waals surface area contributed by atoms with Gasteiger partial charge in [0, 0.05) is 5.92 Å². The van der Waals surface area contributed by atoms with Crippen molar-refractivity contribution in [2.45, 2.75) is 52.9 Å². The number of aryl methyl sites for hydroxylation is 1. The van der Waals surface area contributed by atoms with E-state index in [4.69, 9.17) is 0 Å². The molecule has 2 atom stereocenters. The second kappa shape index (κ2) is 4.87. The molecule has 1 fully saturated rings. The minimum absolute atomic E-state index is 0.226. The summed E-state index contributed by atoms with van der Waals surface area (Å²) in [5.74, 6) is 1.24. The molecule has 1 aromatic rings. The van der Waals surface area contributed by atoms with Gasteiger partial charge in [0.1, 0.15) is 5.78 Å². The maximum atomic E-state index is 11.6. The first kappa shape index (κ1) is 13.3. The molecule has 2 rings (SSSR count). The second-order valence-corrected chi connectivity index (χ2v) is 6.54. The van der Waals surface area contributed by atoms with Crippen molar-refractivity contribution >= 4 is 5.78 Å². The van der Waals surface area contributed by atoms with E-state index in [1.807, 2.05) is 0 Å². The zero-order chi connectivity index (χ0) is 13.3. The summed E-state index contributed by atoms with van der Waals surface area (Å²) in [6.45, 7) is 8.49. The summed E-state index contributed by atoms with van der Waals surface area (Å²) in [5, 5.41) is 0. The lowest BCUT2D eigenvalue weighted by Gasteiger charge is -2.42. The number of rotatable bonds is 2. The summed E-state index contributed by atoms with van der Waals surface area (Å²) in [6.07, 6.45) is 3.22. The molecule has 0 N–H and O–H groups in total. The molecule has 0 amide bonds. The van der Waals surface area contributed by atoms with E-state index < -0.39 is 0 Å². The molecule has 1 aliphatic carbocycles. The molecule has 1 heteroatoms. The summed E-state index contributed by atoms with van der Waals surface area (Å²) in [6, 6.07) is 8.91. The van der Waals surface area contributed by atoms with Gasteiger partial charge in [-0.15, -0.1) is 0 Å². The summed E-state index contributed by atoms with van der Waals surface area (Å²) in [7, 11) is 0. The minimum Gasteiger partial charge on any atom is -0.300 e. The Morgan fingerprint density at radius 2 is 1.78 bits per heavy atom. The highest BCUT2D eigenvalue weighted by Crippen LogP contribution is 2.48. The van der Waals surface area contributed by atoms with Gasteiger partial charge in [-0.25, -0.2) is 0 Å². The zero-order valence-electron chi connectivity index (χ0n) is 12.0. The maximum absolute atomic E-state index is 11.6. The second-order valence-electron chi connectivity index (χ2n) is 6.54. The van der Waals surface area contributed by atoms with E-state index in [1.165, 1.54) is 11.1 Å². The Morgan fingerprint density at radius 1 is 1.17 bits per heavy atom. The first-order valence-corrected chi connectivity index (χ1v) is 6.97. The average molecular weight is 244 g/mol. The van der Waals surface area contributed by atoms with Crippen LogP contribution in [0.15, 0.2) is 24.3 Å². The monoisotopic (exact) mass is 244 g/mol. The predicted molar refractivity (Wildman–Crippen MR) is 75.7 cm³/mol. The quantitative estimate of drug-likeness (QED) is 0.749. The van der Waals surface area contributed by atoms with Gasteiger partial charge in [-0.05, 0) is 50.0 Å². The summed E-state index contributed by atoms with van der Waals surface area (Å²) in [4.78, 5) is 11.6. The molecule has 1 saturated carbocycles. The Hall–Kier alpha value is -1.11. The van der Waals surface area contributed by atoms with E-state index in [-0.39, 0.29) is 11.3 Å². The number of hydrogen-bond donors (Lipinski definition) is 0. The zero-order valence-corrected chi connectivity index (χ0v) is 12.0. The van der Waals surface area contributed by atoms with Crippen LogP contribution in [0.1, 0.15) is 57.1 Å². The molecule has 1 nitrogen and oxygen atoms in total. The van der Waals surface area contributed by atoms with Gasteiger partial charge < -0.3 is 0 Å². The molecule has 2 unspecified atom stereocenters. The van der Waals surface area contributed by atoms with Crippen molar-refractivity contribution in [2.75, 3.05) is 0 Å². The van der Waals surface area contributed by atoms with Gasteiger partial charge in [0.25, 0.3) is 0 Å². The average Bonchev–Trinajstić information content (AvgIpc) is 2.29. The van der Waals surface area contributed by atoms with Gasteiger partial charge in [-0.2, -0.15) is 0 Å². The van der Waals surface area contributed by atoms with Crippen LogP contribution in [-0.4, -0.2) is 5.78 Å². The predicted octanol–water partition coefficient (Wildman–Crippen LogP) is 4.49. The molecule has 0 bridgehead atoms. The molecular formula is C17H24O. The molecule has 0 aliphatic heterocycles. The van der Waals surface area contributed by atoms with E-state index >= 15 is 0 Å². The summed E-state index contributed by atoms with van der Waals surface area (Å²) >= 11 is 0. The number of Topliss-reactive ketones (excluding diaryl/α,β-unsaturated/α-hetero) is 1. The Morgan fingerprint density at radius 3 is 2.28 bits per heavy atom. The number of ketones is 1. The summed E-state index contributed by atoms with van der Waals surface area (Å²) in [5.41, 5.74) is 2.98. The van der Waals surface area contributed by atoms with Gasteiger partial charge >= 0.3 is 0 Å². The number of hydrogen-bond acceptors (Lipinski definition) is 1. The normalized spacial score (nSPS) is 26.9. The van der Waals surface area contributed by atoms with Crippen LogP contribution in [0, 0.1) is 18.3 Å². The third kappa shape index (κ3) is 2.66. The fraction of sp³-hybridized carbons (Fsp3) is 0.588. The highest BCUT2D eigenvalue weighted by atomic mass is 16.1. The van der Waals surface area contributed by atoms with Crippen LogP contribution in [0.25, 0.3) is 0 Å². The minimum atomic E-state index is 0.226. The lowest BCUT2D eigenvalue weighted by molar-refractivity contribution is -0.123. The van der Waals surface area contributed by atoms with E-state index in [1.54, 1.807) is 6.92 Å². The molecular weight excluding hydrogens is 220 g/mol. The van der Waals surface area contributed by atoms with Crippen LogP contribution in [0.5, 0.6) is 0 Å². The molecule has 18 heavy (non-hydrogen) atoms. The van der Waals surface area contributed by atoms with Crippen molar-refractivity contribution in [2.24, 2.45) is 11.3 Å². The van der Waals surface area contributed by atoms with E-state index in [0.717, 1.165) is 19.3 Å². The molecule has 0 aromatic heterocycles. The van der Waals surface area contributed by atoms with Crippen LogP contribution in [-0.2, 0) is 4.79 Å². The summed E-state index contributed by atoms with van der Waals surface area (Å²) < 4.78 is 0. The van der Waals surface area contributed by atoms with Crippen LogP contribution < -0.4 is 0 Å². The van der Waals surface area contributed by atoms with Gasteiger partial charge in [-0.3, -0.25) is 4.79 Å². The molecule has 0 saturated heterocycles. The standard InChI is InChI=1S/C17H24O/c1-12-5-7-14(8-6-12)16-10-9-15(13(2)18)11-17(16,3)4/h5-8,15-16H,9-11H2,1-4H3. The Kier molecular flexibility index (Phi) is 3.61. The largest absolute Gasteiger partial charge is 0.300 e. The first-order valence-electron chi connectivity index (χ1n) is 6.97. The van der Waals surface area contributed by atoms with Crippen molar-refractivity contribution in [1.82, 2.24) is 0 Å². The SMILES string of the molecule is CC(=O)C1CCC(c2ccc(C)cc2)C(C)(C)C1. The number of carbonyl (C=O) groups is 1. The number of benzene rings is 1. The molecule has 1 aromatic carbocycles. The van der Waals surface area contributed by atoms with Crippen LogP contribution in [0.3, 0.4) is 0 Å². The van der Waals surface area contributed by atoms with Gasteiger partial charge in [0.05, 0.1) is 0 Å². The highest BCUT2D eigenvalue weighted by Gasteiger charge is 2.38. The van der Waals surface area contributed by atoms with Crippen LogP contribution in [0.2, 0.25) is 0 Å². The Bertz CT molecular complexity index is 427. The fourth-order valence-electron chi connectivity index (χ4n) is 3.40. The van der Waals surface area contributed by atoms with Gasteiger partial charge in [0.15, 0.2) is 0 Å². The topological polar surface area (TPSA) is 17.1 Å². The van der Waals surface area contributed by atoms with Gasteiger partial charge in [0.2, 0.25) is 0 Å². The smallest absolute Gasteiger partial charge is 0.132 e. The van der Waals surface area contributed by atoms with Crippen molar-refractivity contribution in [3.8, 4) is 0 Å². The van der Waals surface area contributed by atoms with Crippen molar-refractivity contribution in [3.05, 3.63) is 35.4 Å². The molecule has 1 aliphatic rings. The van der Waals surface area contributed by atoms with E-state index in [9.17, 15) is 4.79 Å². The van der Waals surface area contributed by atoms with Gasteiger partial charge in [-0.1, -0.05) is 43.7 Å². The lowest BCUT2D eigenvalue weighted by Crippen LogP contribution is -2.33. The molecule has 0 heterocycles. The van der Waals surface area contributed by atoms with Crippen LogP contribution in [0.4, 0.5) is 0 Å².